The highest BCUT2D eigenvalue weighted by Crippen LogP contribution is 2.34. The number of anilines is 1. The first-order valence-corrected chi connectivity index (χ1v) is 7.86. The van der Waals surface area contributed by atoms with Crippen molar-refractivity contribution in [2.45, 2.75) is 18.9 Å². The molecule has 0 aliphatic carbocycles. The van der Waals surface area contributed by atoms with E-state index in [-0.39, 0.29) is 22.9 Å². The fraction of sp³-hybridized carbons (Fsp3) is 0.250. The van der Waals surface area contributed by atoms with Gasteiger partial charge in [0.05, 0.1) is 17.4 Å². The molecule has 0 unspecified atom stereocenters. The van der Waals surface area contributed by atoms with Crippen LogP contribution < -0.4 is 10.2 Å². The summed E-state index contributed by atoms with van der Waals surface area (Å²) < 4.78 is 14.0. The van der Waals surface area contributed by atoms with Crippen molar-refractivity contribution in [3.8, 4) is 11.3 Å². The summed E-state index contributed by atoms with van der Waals surface area (Å²) in [5.41, 5.74) is 1.53. The van der Waals surface area contributed by atoms with E-state index in [1.54, 1.807) is 18.2 Å². The molecule has 2 aliphatic rings. The molecule has 1 atom stereocenters. The minimum atomic E-state index is -0.605. The Morgan fingerprint density at radius 3 is 3.00 bits per heavy atom. The van der Waals surface area contributed by atoms with Crippen LogP contribution in [0.2, 0.25) is 5.28 Å². The standard InChI is InChI=1S/C16H12ClFN4O2/c17-16-19-7-10(18)13(20-16)8-3-4-9-12(6-8)22-5-1-2-11(22)15(24)21-14(9)23/h3-4,6-7,11H,1-2,5H2,(H,21,23,24)/t11-/m1/s1. The smallest absolute Gasteiger partial charge is 0.260 e. The van der Waals surface area contributed by atoms with Gasteiger partial charge >= 0.3 is 0 Å². The molecule has 24 heavy (non-hydrogen) atoms. The highest BCUT2D eigenvalue weighted by Gasteiger charge is 2.37. The quantitative estimate of drug-likeness (QED) is 0.632. The summed E-state index contributed by atoms with van der Waals surface area (Å²) >= 11 is 5.76. The van der Waals surface area contributed by atoms with Crippen LogP contribution in [0.4, 0.5) is 10.1 Å². The van der Waals surface area contributed by atoms with Gasteiger partial charge in [-0.3, -0.25) is 14.9 Å². The van der Waals surface area contributed by atoms with Gasteiger partial charge in [0.15, 0.2) is 5.82 Å². The second kappa shape index (κ2) is 5.52. The number of benzene rings is 1. The van der Waals surface area contributed by atoms with E-state index in [1.165, 1.54) is 0 Å². The zero-order valence-corrected chi connectivity index (χ0v) is 13.2. The van der Waals surface area contributed by atoms with Crippen LogP contribution in [0, 0.1) is 5.82 Å². The van der Waals surface area contributed by atoms with Crippen LogP contribution in [0.1, 0.15) is 23.2 Å². The number of nitrogens with zero attached hydrogens (tertiary/aromatic N) is 3. The van der Waals surface area contributed by atoms with Gasteiger partial charge in [-0.15, -0.1) is 0 Å². The predicted molar refractivity (Wildman–Crippen MR) is 85.3 cm³/mol. The number of nitrogens with one attached hydrogen (secondary N) is 1. The van der Waals surface area contributed by atoms with Crippen LogP contribution in [0.25, 0.3) is 11.3 Å². The molecule has 122 valence electrons. The van der Waals surface area contributed by atoms with E-state index < -0.39 is 11.7 Å². The number of carbonyl (C=O) groups excluding carboxylic acids is 2. The van der Waals surface area contributed by atoms with E-state index in [0.29, 0.717) is 29.8 Å². The average Bonchev–Trinajstić information content (AvgIpc) is 3.03. The van der Waals surface area contributed by atoms with Crippen LogP contribution in [-0.4, -0.2) is 34.4 Å². The van der Waals surface area contributed by atoms with Crippen molar-refractivity contribution in [2.75, 3.05) is 11.4 Å². The lowest BCUT2D eigenvalue weighted by Crippen LogP contribution is -2.42. The molecule has 0 radical (unpaired) electrons. The molecule has 6 nitrogen and oxygen atoms in total. The topological polar surface area (TPSA) is 75.2 Å². The van der Waals surface area contributed by atoms with Gasteiger partial charge in [0.2, 0.25) is 11.2 Å². The summed E-state index contributed by atoms with van der Waals surface area (Å²) in [6.45, 7) is 0.662. The highest BCUT2D eigenvalue weighted by atomic mass is 35.5. The fourth-order valence-corrected chi connectivity index (χ4v) is 3.38. The summed E-state index contributed by atoms with van der Waals surface area (Å²) in [6, 6.07) is 4.45. The molecule has 1 fully saturated rings. The Hall–Kier alpha value is -2.54. The predicted octanol–water partition coefficient (Wildman–Crippen LogP) is 2.17. The number of hydrogen-bond donors (Lipinski definition) is 1. The third kappa shape index (κ3) is 2.32. The second-order valence-corrected chi connectivity index (χ2v) is 6.08. The number of amides is 2. The van der Waals surface area contributed by atoms with Gasteiger partial charge in [-0.1, -0.05) is 6.07 Å². The maximum Gasteiger partial charge on any atom is 0.260 e. The van der Waals surface area contributed by atoms with Gasteiger partial charge in [-0.25, -0.2) is 14.4 Å². The Morgan fingerprint density at radius 1 is 1.33 bits per heavy atom. The van der Waals surface area contributed by atoms with Crippen molar-refractivity contribution >= 4 is 29.1 Å². The average molecular weight is 347 g/mol. The number of rotatable bonds is 1. The molecular weight excluding hydrogens is 335 g/mol. The molecule has 3 heterocycles. The zero-order valence-electron chi connectivity index (χ0n) is 12.4. The summed E-state index contributed by atoms with van der Waals surface area (Å²) in [4.78, 5) is 33.8. The Morgan fingerprint density at radius 2 is 2.17 bits per heavy atom. The molecular formula is C16H12ClFN4O2. The van der Waals surface area contributed by atoms with Crippen molar-refractivity contribution in [3.05, 3.63) is 41.1 Å². The zero-order chi connectivity index (χ0) is 16.8. The molecule has 0 spiro atoms. The molecule has 2 aliphatic heterocycles. The van der Waals surface area contributed by atoms with E-state index >= 15 is 0 Å². The lowest BCUT2D eigenvalue weighted by atomic mass is 10.0. The first-order valence-electron chi connectivity index (χ1n) is 7.49. The molecule has 2 amide bonds. The number of hydrogen-bond acceptors (Lipinski definition) is 5. The minimum Gasteiger partial charge on any atom is -0.359 e. The summed E-state index contributed by atoms with van der Waals surface area (Å²) in [7, 11) is 0. The minimum absolute atomic E-state index is 0.0597. The van der Waals surface area contributed by atoms with Crippen LogP contribution in [-0.2, 0) is 4.79 Å². The summed E-state index contributed by atoms with van der Waals surface area (Å²) in [6.07, 6.45) is 2.53. The summed E-state index contributed by atoms with van der Waals surface area (Å²) in [5.74, 6) is -1.35. The second-order valence-electron chi connectivity index (χ2n) is 5.74. The van der Waals surface area contributed by atoms with Gasteiger partial charge in [0, 0.05) is 12.1 Å². The Balaban J connectivity index is 1.88. The molecule has 0 bridgehead atoms. The van der Waals surface area contributed by atoms with E-state index in [2.05, 4.69) is 15.3 Å². The monoisotopic (exact) mass is 346 g/mol. The first kappa shape index (κ1) is 15.0. The summed E-state index contributed by atoms with van der Waals surface area (Å²) in [5, 5.41) is 2.35. The molecule has 0 saturated carbocycles. The van der Waals surface area contributed by atoms with E-state index in [0.717, 1.165) is 12.6 Å². The van der Waals surface area contributed by atoms with Crippen molar-refractivity contribution in [3.63, 3.8) is 0 Å². The Bertz CT molecular complexity index is 873. The van der Waals surface area contributed by atoms with E-state index in [1.807, 2.05) is 4.90 Å². The molecule has 8 heteroatoms. The molecule has 1 aromatic heterocycles. The molecule has 1 N–H and O–H groups in total. The molecule has 1 aromatic carbocycles. The number of halogens is 2. The van der Waals surface area contributed by atoms with Gasteiger partial charge in [-0.05, 0) is 36.6 Å². The SMILES string of the molecule is O=C1NC(=O)[C@H]2CCCN2c2cc(-c3nc(Cl)ncc3F)ccc21. The Labute approximate surface area is 141 Å². The number of aromatic nitrogens is 2. The maximum absolute atomic E-state index is 14.0. The lowest BCUT2D eigenvalue weighted by molar-refractivity contribution is -0.121. The van der Waals surface area contributed by atoms with E-state index in [9.17, 15) is 14.0 Å². The van der Waals surface area contributed by atoms with Crippen LogP contribution in [0.5, 0.6) is 0 Å². The van der Waals surface area contributed by atoms with Crippen LogP contribution in [0.3, 0.4) is 0 Å². The lowest BCUT2D eigenvalue weighted by Gasteiger charge is -2.24. The largest absolute Gasteiger partial charge is 0.359 e. The third-order valence-electron chi connectivity index (χ3n) is 4.33. The number of carbonyl (C=O) groups is 2. The van der Waals surface area contributed by atoms with Gasteiger partial charge < -0.3 is 4.90 Å². The highest BCUT2D eigenvalue weighted by molar-refractivity contribution is 6.28. The number of fused-ring (bicyclic) bond motifs is 3. The van der Waals surface area contributed by atoms with Crippen LogP contribution >= 0.6 is 11.6 Å². The normalized spacial score (nSPS) is 19.6. The van der Waals surface area contributed by atoms with Gasteiger partial charge in [0.1, 0.15) is 11.7 Å². The van der Waals surface area contributed by atoms with E-state index in [4.69, 9.17) is 11.6 Å². The van der Waals surface area contributed by atoms with Crippen molar-refractivity contribution in [1.29, 1.82) is 0 Å². The van der Waals surface area contributed by atoms with Gasteiger partial charge in [-0.2, -0.15) is 0 Å². The third-order valence-corrected chi connectivity index (χ3v) is 4.51. The number of imide groups is 1. The first-order chi connectivity index (χ1) is 11.5. The van der Waals surface area contributed by atoms with Gasteiger partial charge in [0.25, 0.3) is 5.91 Å². The Kier molecular flexibility index (Phi) is 3.45. The molecule has 1 saturated heterocycles. The molecule has 4 rings (SSSR count). The molecule has 2 aromatic rings. The maximum atomic E-state index is 14.0. The van der Waals surface area contributed by atoms with Crippen molar-refractivity contribution < 1.29 is 14.0 Å². The van der Waals surface area contributed by atoms with Crippen molar-refractivity contribution in [2.24, 2.45) is 0 Å². The fourth-order valence-electron chi connectivity index (χ4n) is 3.25. The van der Waals surface area contributed by atoms with Crippen molar-refractivity contribution in [1.82, 2.24) is 15.3 Å². The van der Waals surface area contributed by atoms with Crippen LogP contribution in [0.15, 0.2) is 24.4 Å².